The van der Waals surface area contributed by atoms with Crippen LogP contribution in [0.25, 0.3) is 174 Å². The summed E-state index contributed by atoms with van der Waals surface area (Å²) in [5.41, 5.74) is 22.9. The maximum atomic E-state index is 2.45. The van der Waals surface area contributed by atoms with Gasteiger partial charge in [-0.1, -0.05) is 494 Å². The largest absolute Gasteiger partial charge is 0.0683 e. The lowest BCUT2D eigenvalue weighted by molar-refractivity contribution is 0.661. The summed E-state index contributed by atoms with van der Waals surface area (Å²) in [6.07, 6.45) is 0. The van der Waals surface area contributed by atoms with Gasteiger partial charge in [-0.05, 0) is 230 Å². The molecule has 20 aromatic rings. The van der Waals surface area contributed by atoms with Gasteiger partial charge in [0.25, 0.3) is 0 Å². The Kier molecular flexibility index (Phi) is 27.1. The van der Waals surface area contributed by atoms with Crippen molar-refractivity contribution in [2.75, 3.05) is 0 Å². The maximum absolute atomic E-state index is 2.45. The van der Waals surface area contributed by atoms with Crippen molar-refractivity contribution in [2.45, 2.75) is 188 Å². The summed E-state index contributed by atoms with van der Waals surface area (Å²) in [7, 11) is 0. The molecule has 624 valence electrons. The monoisotopic (exact) mass is 1620 g/mol. The summed E-state index contributed by atoms with van der Waals surface area (Å²) in [6, 6.07) is 125. The molecule has 0 aliphatic heterocycles. The fourth-order valence-corrected chi connectivity index (χ4v) is 20.6. The van der Waals surface area contributed by atoms with Crippen LogP contribution in [-0.4, -0.2) is 0 Å². The zero-order valence-corrected chi connectivity index (χ0v) is 78.3. The van der Waals surface area contributed by atoms with E-state index in [9.17, 15) is 0 Å². The molecule has 0 bridgehead atoms. The van der Waals surface area contributed by atoms with Gasteiger partial charge in [-0.15, -0.1) is 0 Å². The van der Waals surface area contributed by atoms with Gasteiger partial charge in [-0.3, -0.25) is 0 Å². The topological polar surface area (TPSA) is 0 Å². The molecule has 0 atom stereocenters. The third-order valence-corrected chi connectivity index (χ3v) is 25.7. The highest BCUT2D eigenvalue weighted by molar-refractivity contribution is 6.22. The van der Waals surface area contributed by atoms with Crippen molar-refractivity contribution in [1.82, 2.24) is 0 Å². The summed E-state index contributed by atoms with van der Waals surface area (Å²) in [6.45, 7) is 51.0. The Balaban J connectivity index is 0.000000135. The van der Waals surface area contributed by atoms with Gasteiger partial charge in [0.1, 0.15) is 0 Å². The van der Waals surface area contributed by atoms with E-state index in [1.54, 1.807) is 0 Å². The van der Waals surface area contributed by atoms with E-state index >= 15 is 0 Å². The van der Waals surface area contributed by atoms with Gasteiger partial charge in [0, 0.05) is 21.7 Å². The van der Waals surface area contributed by atoms with Gasteiger partial charge >= 0.3 is 0 Å². The zero-order valence-electron chi connectivity index (χ0n) is 78.3. The second-order valence-corrected chi connectivity index (χ2v) is 32.8. The summed E-state index contributed by atoms with van der Waals surface area (Å²) in [4.78, 5) is 0. The molecule has 4 aliphatic rings. The molecule has 20 aromatic carbocycles. The van der Waals surface area contributed by atoms with Crippen molar-refractivity contribution >= 4 is 129 Å². The molecule has 0 saturated carbocycles. The second-order valence-electron chi connectivity index (χ2n) is 32.8. The lowest BCUT2D eigenvalue weighted by Crippen LogP contribution is -2.15. The minimum absolute atomic E-state index is 0.00331. The Morgan fingerprint density at radius 3 is 0.863 bits per heavy atom. The van der Waals surface area contributed by atoms with Gasteiger partial charge in [-0.2, -0.15) is 0 Å². The Morgan fingerprint density at radius 1 is 0.137 bits per heavy atom. The van der Waals surface area contributed by atoms with Crippen molar-refractivity contribution in [1.29, 1.82) is 0 Å². The molecule has 0 amide bonds. The fourth-order valence-electron chi connectivity index (χ4n) is 20.6. The van der Waals surface area contributed by atoms with Crippen molar-refractivity contribution in [3.05, 3.63) is 384 Å². The van der Waals surface area contributed by atoms with Crippen molar-refractivity contribution < 1.29 is 0 Å². The SMILES string of the molecule is CC.CC.CC.CC.CC.CC.CC.CC.CC1(C)c2cc3c(ccc4ccccc43)cc2-c2c1ccc1ccccc21.CC1(C)c2ccc3ccccc3c2-c2c1c1ccccc1c1ccccc21.CC1(C)c2ccc3ccccc3c2-c2ccc3c(ccc4ccccc43)c21.CC1(C)c2ccc3ccccc3c2-c2ccc3ccc4ccccc4c3c21. The first-order valence-electron chi connectivity index (χ1n) is 46.5. The normalized spacial score (nSPS) is 13.1. The molecule has 0 nitrogen and oxygen atoms in total. The Labute approximate surface area is 740 Å². The van der Waals surface area contributed by atoms with Crippen LogP contribution in [0.2, 0.25) is 0 Å². The van der Waals surface area contributed by atoms with Crippen LogP contribution in [-0.2, 0) is 21.7 Å². The third kappa shape index (κ3) is 14.8. The molecule has 0 radical (unpaired) electrons. The van der Waals surface area contributed by atoms with Crippen molar-refractivity contribution in [3.63, 3.8) is 0 Å². The van der Waals surface area contributed by atoms with Crippen LogP contribution < -0.4 is 0 Å². The number of benzene rings is 20. The van der Waals surface area contributed by atoms with E-state index in [1.807, 2.05) is 111 Å². The lowest BCUT2D eigenvalue weighted by Gasteiger charge is -2.24. The third-order valence-electron chi connectivity index (χ3n) is 25.7. The molecule has 0 heterocycles. The number of fused-ring (bicyclic) bond motifs is 36. The zero-order chi connectivity index (χ0) is 88.7. The van der Waals surface area contributed by atoms with E-state index in [2.05, 4.69) is 395 Å². The van der Waals surface area contributed by atoms with Crippen LogP contribution in [0.3, 0.4) is 0 Å². The highest BCUT2D eigenvalue weighted by Gasteiger charge is 2.42. The smallest absolute Gasteiger partial charge is 0.0165 e. The highest BCUT2D eigenvalue weighted by atomic mass is 14.5. The number of hydrogen-bond donors (Lipinski definition) is 0. The molecule has 124 heavy (non-hydrogen) atoms. The van der Waals surface area contributed by atoms with Gasteiger partial charge in [0.2, 0.25) is 0 Å². The predicted molar refractivity (Wildman–Crippen MR) is 557 cm³/mol. The van der Waals surface area contributed by atoms with E-state index in [4.69, 9.17) is 0 Å². The predicted octanol–water partition coefficient (Wildman–Crippen LogP) is 38.0. The molecule has 4 aliphatic carbocycles. The molecule has 24 rings (SSSR count). The number of rotatable bonds is 0. The Hall–Kier alpha value is -12.5. The number of hydrogen-bond acceptors (Lipinski definition) is 0. The molecule has 0 N–H and O–H groups in total. The van der Waals surface area contributed by atoms with Crippen molar-refractivity contribution in [3.8, 4) is 44.5 Å². The summed E-state index contributed by atoms with van der Waals surface area (Å²) < 4.78 is 0. The summed E-state index contributed by atoms with van der Waals surface area (Å²) in [5, 5.41) is 32.3. The first-order chi connectivity index (χ1) is 60.6. The molecule has 0 spiro atoms. The fraction of sp³-hybridized carbons (Fsp3) is 0.226. The van der Waals surface area contributed by atoms with Gasteiger partial charge in [-0.25, -0.2) is 0 Å². The van der Waals surface area contributed by atoms with Crippen LogP contribution >= 0.6 is 0 Å². The quantitative estimate of drug-likeness (QED) is 0.133. The highest BCUT2D eigenvalue weighted by Crippen LogP contribution is 2.60. The molecular weight excluding hydrogens is 1490 g/mol. The van der Waals surface area contributed by atoms with Gasteiger partial charge in [0.15, 0.2) is 0 Å². The minimum atomic E-state index is -0.0155. The van der Waals surface area contributed by atoms with E-state index in [0.29, 0.717) is 0 Å². The molecule has 0 fully saturated rings. The van der Waals surface area contributed by atoms with Crippen LogP contribution in [0.4, 0.5) is 0 Å². The molecule has 0 unspecified atom stereocenters. The second kappa shape index (κ2) is 37.7. The molecule has 0 saturated heterocycles. The first-order valence-corrected chi connectivity index (χ1v) is 46.5. The van der Waals surface area contributed by atoms with E-state index in [1.165, 1.54) is 218 Å². The van der Waals surface area contributed by atoms with E-state index in [-0.39, 0.29) is 21.7 Å². The maximum Gasteiger partial charge on any atom is 0.0165 e. The molecular formula is C124H128. The average molecular weight is 1620 g/mol. The summed E-state index contributed by atoms with van der Waals surface area (Å²) in [5.74, 6) is 0. The first kappa shape index (κ1) is 89.3. The minimum Gasteiger partial charge on any atom is -0.0683 e. The molecule has 0 aromatic heterocycles. The van der Waals surface area contributed by atoms with Crippen LogP contribution in [0.15, 0.2) is 340 Å². The molecule has 0 heteroatoms. The average Bonchev–Trinajstić information content (AvgIpc) is 1.63. The van der Waals surface area contributed by atoms with Crippen LogP contribution in [0, 0.1) is 0 Å². The lowest BCUT2D eigenvalue weighted by atomic mass is 9.79. The van der Waals surface area contributed by atoms with Gasteiger partial charge in [0.05, 0.1) is 0 Å². The van der Waals surface area contributed by atoms with Crippen LogP contribution in [0.1, 0.15) is 211 Å². The summed E-state index contributed by atoms with van der Waals surface area (Å²) >= 11 is 0. The Bertz CT molecular complexity index is 7190. The standard InChI is InChI=1S/4C27H20.8C2H6/c1-27(2)24-16-12-18-8-4-6-10-20(18)25(24)23-15-14-21-19-9-5-3-7-17(19)11-13-22(21)26(23)27;1-27(2)23-16-14-18-8-4-6-10-21(18)25(23)22-15-13-19-12-11-17-7-3-5-9-20(17)24(19)26(22)27;1-27(2)24-14-13-18-8-4-6-10-21(18)26(24)23-15-19-12-11-17-7-3-5-9-20(17)22(19)16-25(23)27;1-27(2)23-16-15-17-9-3-4-10-18(17)24(23)25-21-13-7-5-11-19(21)20-12-6-8-14-22(20)26(25)27;8*1-2/h4*3-16H,1-2H3;8*1-2H3. The van der Waals surface area contributed by atoms with E-state index < -0.39 is 0 Å². The van der Waals surface area contributed by atoms with Gasteiger partial charge < -0.3 is 0 Å². The van der Waals surface area contributed by atoms with E-state index in [0.717, 1.165) is 0 Å². The Morgan fingerprint density at radius 2 is 0.395 bits per heavy atom. The van der Waals surface area contributed by atoms with Crippen LogP contribution in [0.5, 0.6) is 0 Å². The van der Waals surface area contributed by atoms with Crippen molar-refractivity contribution in [2.24, 2.45) is 0 Å².